The number of nitrogens with one attached hydrogen (secondary N) is 1. The van der Waals surface area contributed by atoms with Crippen molar-refractivity contribution >= 4 is 6.03 Å². The fraction of sp³-hybridized carbons (Fsp3) is 0.308. The van der Waals surface area contributed by atoms with Crippen LogP contribution < -0.4 is 5.32 Å². The standard InChI is InChI=1S/C13H16N2O2/c1-10-4-7-12(8-5-10)9-6-11(2)15(17)13(16)14-3/h4-5,7-8,11,17H,1-3H3,(H,14,16). The van der Waals surface area contributed by atoms with E-state index in [1.807, 2.05) is 31.2 Å². The highest BCUT2D eigenvalue weighted by atomic mass is 16.5. The van der Waals surface area contributed by atoms with Gasteiger partial charge in [0, 0.05) is 12.6 Å². The number of carbonyl (C=O) groups is 1. The van der Waals surface area contributed by atoms with Gasteiger partial charge in [-0.3, -0.25) is 5.21 Å². The number of benzene rings is 1. The second-order valence-electron chi connectivity index (χ2n) is 3.71. The number of rotatable bonds is 1. The van der Waals surface area contributed by atoms with Gasteiger partial charge in [-0.25, -0.2) is 4.79 Å². The van der Waals surface area contributed by atoms with Crippen LogP contribution in [-0.4, -0.2) is 29.4 Å². The van der Waals surface area contributed by atoms with Gasteiger partial charge in [-0.2, -0.15) is 5.06 Å². The van der Waals surface area contributed by atoms with Crippen LogP contribution in [0.1, 0.15) is 18.1 Å². The van der Waals surface area contributed by atoms with Crippen LogP contribution in [0.25, 0.3) is 0 Å². The summed E-state index contributed by atoms with van der Waals surface area (Å²) in [5.41, 5.74) is 2.02. The van der Waals surface area contributed by atoms with Gasteiger partial charge in [0.2, 0.25) is 0 Å². The molecule has 0 aliphatic carbocycles. The van der Waals surface area contributed by atoms with Crippen molar-refractivity contribution < 1.29 is 10.0 Å². The average molecular weight is 232 g/mol. The van der Waals surface area contributed by atoms with E-state index < -0.39 is 12.1 Å². The molecule has 1 aromatic carbocycles. The van der Waals surface area contributed by atoms with Gasteiger partial charge in [0.1, 0.15) is 6.04 Å². The van der Waals surface area contributed by atoms with Crippen LogP contribution in [0.15, 0.2) is 24.3 Å². The molecule has 90 valence electrons. The maximum atomic E-state index is 11.1. The fourth-order valence-electron chi connectivity index (χ4n) is 1.18. The fourth-order valence-corrected chi connectivity index (χ4v) is 1.18. The van der Waals surface area contributed by atoms with E-state index in [4.69, 9.17) is 0 Å². The first-order chi connectivity index (χ1) is 8.04. The summed E-state index contributed by atoms with van der Waals surface area (Å²) in [5, 5.41) is 12.3. The van der Waals surface area contributed by atoms with Gasteiger partial charge in [0.25, 0.3) is 0 Å². The molecule has 1 unspecified atom stereocenters. The van der Waals surface area contributed by atoms with E-state index in [0.717, 1.165) is 11.1 Å². The second kappa shape index (κ2) is 5.92. The van der Waals surface area contributed by atoms with E-state index in [-0.39, 0.29) is 0 Å². The maximum absolute atomic E-state index is 11.1. The van der Waals surface area contributed by atoms with Crippen LogP contribution in [0, 0.1) is 18.8 Å². The van der Waals surface area contributed by atoms with E-state index >= 15 is 0 Å². The first-order valence-electron chi connectivity index (χ1n) is 5.32. The maximum Gasteiger partial charge on any atom is 0.342 e. The van der Waals surface area contributed by atoms with Crippen molar-refractivity contribution in [1.82, 2.24) is 10.4 Å². The lowest BCUT2D eigenvalue weighted by molar-refractivity contribution is -0.0566. The first kappa shape index (κ1) is 13.1. The summed E-state index contributed by atoms with van der Waals surface area (Å²) in [6.07, 6.45) is 0. The number of hydrogen-bond donors (Lipinski definition) is 2. The normalized spacial score (nSPS) is 11.1. The van der Waals surface area contributed by atoms with E-state index in [0.29, 0.717) is 5.06 Å². The van der Waals surface area contributed by atoms with Gasteiger partial charge in [0.15, 0.2) is 0 Å². The van der Waals surface area contributed by atoms with E-state index in [2.05, 4.69) is 17.2 Å². The molecule has 1 rings (SSSR count). The Labute approximate surface area is 101 Å². The molecule has 4 nitrogen and oxygen atoms in total. The summed E-state index contributed by atoms with van der Waals surface area (Å²) in [7, 11) is 1.45. The molecule has 4 heteroatoms. The number of hydroxylamine groups is 2. The minimum atomic E-state index is -0.573. The Morgan fingerprint density at radius 3 is 2.53 bits per heavy atom. The van der Waals surface area contributed by atoms with Gasteiger partial charge < -0.3 is 5.32 Å². The smallest absolute Gasteiger partial charge is 0.339 e. The van der Waals surface area contributed by atoms with Crippen LogP contribution in [0.2, 0.25) is 0 Å². The number of urea groups is 1. The molecule has 0 spiro atoms. The lowest BCUT2D eigenvalue weighted by Gasteiger charge is -2.16. The molecule has 0 aliphatic rings. The highest BCUT2D eigenvalue weighted by Crippen LogP contribution is 2.01. The number of amides is 2. The van der Waals surface area contributed by atoms with Gasteiger partial charge in [0.05, 0.1) is 0 Å². The van der Waals surface area contributed by atoms with E-state index in [1.165, 1.54) is 7.05 Å². The summed E-state index contributed by atoms with van der Waals surface area (Å²) in [6, 6.07) is 6.59. The molecule has 0 fully saturated rings. The summed E-state index contributed by atoms with van der Waals surface area (Å²) >= 11 is 0. The molecule has 1 aromatic rings. The molecule has 0 aromatic heterocycles. The molecule has 0 aliphatic heterocycles. The summed E-state index contributed by atoms with van der Waals surface area (Å²) in [4.78, 5) is 11.1. The lowest BCUT2D eigenvalue weighted by atomic mass is 10.1. The van der Waals surface area contributed by atoms with Gasteiger partial charge in [-0.05, 0) is 26.0 Å². The Morgan fingerprint density at radius 2 is 2.00 bits per heavy atom. The molecule has 2 N–H and O–H groups in total. The van der Waals surface area contributed by atoms with Crippen molar-refractivity contribution in [3.05, 3.63) is 35.4 Å². The van der Waals surface area contributed by atoms with Crippen LogP contribution in [-0.2, 0) is 0 Å². The molecular formula is C13H16N2O2. The number of nitrogens with zero attached hydrogens (tertiary/aromatic N) is 1. The van der Waals surface area contributed by atoms with Crippen molar-refractivity contribution in [3.8, 4) is 11.8 Å². The predicted molar refractivity (Wildman–Crippen MR) is 65.6 cm³/mol. The Bertz CT molecular complexity index is 443. The van der Waals surface area contributed by atoms with Crippen LogP contribution in [0.5, 0.6) is 0 Å². The zero-order chi connectivity index (χ0) is 12.8. The van der Waals surface area contributed by atoms with Crippen LogP contribution in [0.4, 0.5) is 4.79 Å². The average Bonchev–Trinajstić information content (AvgIpc) is 2.35. The topological polar surface area (TPSA) is 52.6 Å². The monoisotopic (exact) mass is 232 g/mol. The lowest BCUT2D eigenvalue weighted by Crippen LogP contribution is -2.40. The first-order valence-corrected chi connectivity index (χ1v) is 5.32. The van der Waals surface area contributed by atoms with Crippen molar-refractivity contribution in [2.24, 2.45) is 0 Å². The summed E-state index contributed by atoms with van der Waals surface area (Å²) in [6.45, 7) is 3.65. The molecule has 0 radical (unpaired) electrons. The molecule has 0 saturated heterocycles. The Kier molecular flexibility index (Phi) is 4.56. The molecule has 0 heterocycles. The molecular weight excluding hydrogens is 216 g/mol. The summed E-state index contributed by atoms with van der Waals surface area (Å²) < 4.78 is 0. The molecule has 2 amide bonds. The van der Waals surface area contributed by atoms with Gasteiger partial charge in [-0.1, -0.05) is 29.5 Å². The van der Waals surface area contributed by atoms with Crippen molar-refractivity contribution in [3.63, 3.8) is 0 Å². The zero-order valence-electron chi connectivity index (χ0n) is 10.2. The highest BCUT2D eigenvalue weighted by molar-refractivity contribution is 5.73. The van der Waals surface area contributed by atoms with Crippen molar-refractivity contribution in [2.45, 2.75) is 19.9 Å². The second-order valence-corrected chi connectivity index (χ2v) is 3.71. The number of carbonyl (C=O) groups excluding carboxylic acids is 1. The molecule has 0 saturated carbocycles. The SMILES string of the molecule is CNC(=O)N(O)C(C)C#Cc1ccc(C)cc1. The number of aryl methyl sites for hydroxylation is 1. The van der Waals surface area contributed by atoms with Crippen molar-refractivity contribution in [1.29, 1.82) is 0 Å². The largest absolute Gasteiger partial charge is 0.342 e. The van der Waals surface area contributed by atoms with Gasteiger partial charge >= 0.3 is 6.03 Å². The highest BCUT2D eigenvalue weighted by Gasteiger charge is 2.13. The van der Waals surface area contributed by atoms with E-state index in [1.54, 1.807) is 6.92 Å². The van der Waals surface area contributed by atoms with Crippen LogP contribution >= 0.6 is 0 Å². The van der Waals surface area contributed by atoms with Crippen LogP contribution in [0.3, 0.4) is 0 Å². The Morgan fingerprint density at radius 1 is 1.41 bits per heavy atom. The zero-order valence-corrected chi connectivity index (χ0v) is 10.2. The van der Waals surface area contributed by atoms with Crippen molar-refractivity contribution in [2.75, 3.05) is 7.05 Å². The third-order valence-electron chi connectivity index (χ3n) is 2.27. The number of hydrogen-bond acceptors (Lipinski definition) is 2. The third kappa shape index (κ3) is 3.82. The third-order valence-corrected chi connectivity index (χ3v) is 2.27. The quantitative estimate of drug-likeness (QED) is 0.440. The molecule has 0 bridgehead atoms. The van der Waals surface area contributed by atoms with E-state index in [9.17, 15) is 10.0 Å². The van der Waals surface area contributed by atoms with Gasteiger partial charge in [-0.15, -0.1) is 0 Å². The summed E-state index contributed by atoms with van der Waals surface area (Å²) in [5.74, 6) is 5.70. The Balaban J connectivity index is 2.71. The molecule has 1 atom stereocenters. The minimum absolute atomic E-state index is 0.559. The minimum Gasteiger partial charge on any atom is -0.339 e. The predicted octanol–water partition coefficient (Wildman–Crippen LogP) is 1.77. The molecule has 17 heavy (non-hydrogen) atoms. The Hall–Kier alpha value is -1.99.